The highest BCUT2D eigenvalue weighted by Crippen LogP contribution is 2.44. The van der Waals surface area contributed by atoms with E-state index in [1.165, 1.54) is 19.1 Å². The first-order valence-electron chi connectivity index (χ1n) is 13.3. The van der Waals surface area contributed by atoms with Crippen LogP contribution in [0.25, 0.3) is 11.1 Å². The average Bonchev–Trinajstić information content (AvgIpc) is 3.27. The molecule has 3 amide bonds. The molecule has 0 aromatic heterocycles. The highest BCUT2D eigenvalue weighted by molar-refractivity contribution is 7.85. The molecule has 3 aromatic rings. The summed E-state index contributed by atoms with van der Waals surface area (Å²) in [5.41, 5.74) is 4.28. The van der Waals surface area contributed by atoms with Gasteiger partial charge in [-0.25, -0.2) is 4.79 Å². The summed E-state index contributed by atoms with van der Waals surface area (Å²) in [6, 6.07) is 17.4. The van der Waals surface area contributed by atoms with Crippen LogP contribution < -0.4 is 16.0 Å². The topological polar surface area (TPSA) is 171 Å². The number of fused-ring (bicyclic) bond motifs is 3. The molecule has 0 saturated carbocycles. The Kier molecular flexibility index (Phi) is 9.30. The van der Waals surface area contributed by atoms with Gasteiger partial charge in [0.25, 0.3) is 10.1 Å². The number of ether oxygens (including phenoxy) is 1. The molecule has 0 saturated heterocycles. The molecular weight excluding hydrogens is 562 g/mol. The standard InChI is InChI=1S/C30H33N3O8S/c1-17(2)27(29(36)31-18(3)28(35)32-20-13-12-19(15-34)26(14-20)42(38,39)40)33-30(37)41-16-25-23-10-6-4-8-21(23)22-9-5-7-11-24(22)25/h4-14,17-18,25,27,34H,15-16H2,1-3H3,(H,31,36)(H,32,35)(H,33,37)(H,38,39,40)/t18-,27?/m0/s1. The fourth-order valence-corrected chi connectivity index (χ4v) is 5.66. The van der Waals surface area contributed by atoms with E-state index >= 15 is 0 Å². The number of anilines is 1. The van der Waals surface area contributed by atoms with Crippen LogP contribution in [0.5, 0.6) is 0 Å². The second-order valence-corrected chi connectivity index (χ2v) is 11.8. The third kappa shape index (κ3) is 6.78. The van der Waals surface area contributed by atoms with Crippen LogP contribution in [0.3, 0.4) is 0 Å². The van der Waals surface area contributed by atoms with E-state index in [0.29, 0.717) is 0 Å². The number of amides is 3. The molecule has 222 valence electrons. The predicted octanol–water partition coefficient (Wildman–Crippen LogP) is 3.43. The fraction of sp³-hybridized carbons (Fsp3) is 0.300. The summed E-state index contributed by atoms with van der Waals surface area (Å²) in [6.07, 6.45) is -0.774. The van der Waals surface area contributed by atoms with Crippen molar-refractivity contribution in [1.82, 2.24) is 10.6 Å². The van der Waals surface area contributed by atoms with Gasteiger partial charge in [-0.3, -0.25) is 14.1 Å². The maximum absolute atomic E-state index is 13.0. The quantitative estimate of drug-likeness (QED) is 0.222. The Hall–Kier alpha value is -4.26. The molecule has 0 bridgehead atoms. The lowest BCUT2D eigenvalue weighted by molar-refractivity contribution is -0.128. The molecule has 4 rings (SSSR count). The zero-order chi connectivity index (χ0) is 30.6. The van der Waals surface area contributed by atoms with Crippen LogP contribution in [-0.2, 0) is 31.1 Å². The van der Waals surface area contributed by atoms with Crippen molar-refractivity contribution in [2.24, 2.45) is 5.92 Å². The van der Waals surface area contributed by atoms with Gasteiger partial charge < -0.3 is 25.8 Å². The Labute approximate surface area is 244 Å². The van der Waals surface area contributed by atoms with Crippen molar-refractivity contribution in [3.8, 4) is 11.1 Å². The molecule has 0 radical (unpaired) electrons. The Morgan fingerprint density at radius 3 is 2.02 bits per heavy atom. The van der Waals surface area contributed by atoms with Gasteiger partial charge in [0, 0.05) is 11.6 Å². The molecule has 2 atom stereocenters. The average molecular weight is 596 g/mol. The summed E-state index contributed by atoms with van der Waals surface area (Å²) in [4.78, 5) is 38.0. The van der Waals surface area contributed by atoms with E-state index in [9.17, 15) is 32.5 Å². The van der Waals surface area contributed by atoms with Crippen molar-refractivity contribution in [2.45, 2.75) is 50.3 Å². The number of aliphatic hydroxyl groups is 1. The molecule has 1 unspecified atom stereocenters. The molecule has 42 heavy (non-hydrogen) atoms. The maximum atomic E-state index is 13.0. The van der Waals surface area contributed by atoms with Gasteiger partial charge in [-0.1, -0.05) is 68.4 Å². The minimum absolute atomic E-state index is 0.0306. The molecule has 0 heterocycles. The number of rotatable bonds is 10. The number of hydrogen-bond acceptors (Lipinski definition) is 7. The van der Waals surface area contributed by atoms with Gasteiger partial charge in [-0.2, -0.15) is 8.42 Å². The summed E-state index contributed by atoms with van der Waals surface area (Å²) in [6.45, 7) is 4.33. The smallest absolute Gasteiger partial charge is 0.407 e. The molecule has 1 aliphatic carbocycles. The molecule has 1 aliphatic rings. The van der Waals surface area contributed by atoms with Crippen molar-refractivity contribution in [3.63, 3.8) is 0 Å². The third-order valence-corrected chi connectivity index (χ3v) is 8.04. The molecule has 11 nitrogen and oxygen atoms in total. The molecule has 0 fully saturated rings. The van der Waals surface area contributed by atoms with Gasteiger partial charge in [0.2, 0.25) is 11.8 Å². The summed E-state index contributed by atoms with van der Waals surface area (Å²) in [5.74, 6) is -1.78. The lowest BCUT2D eigenvalue weighted by Crippen LogP contribution is -2.53. The second kappa shape index (κ2) is 12.7. The third-order valence-electron chi connectivity index (χ3n) is 7.10. The number of alkyl carbamates (subject to hydrolysis) is 1. The highest BCUT2D eigenvalue weighted by Gasteiger charge is 2.31. The number of hydrogen-bond donors (Lipinski definition) is 5. The number of aliphatic hydroxyl groups excluding tert-OH is 1. The van der Waals surface area contributed by atoms with Crippen LogP contribution in [0.2, 0.25) is 0 Å². The molecule has 12 heteroatoms. The van der Waals surface area contributed by atoms with Crippen LogP contribution in [0.4, 0.5) is 10.5 Å². The number of carbonyl (C=O) groups is 3. The number of benzene rings is 3. The molecule has 3 aromatic carbocycles. The largest absolute Gasteiger partial charge is 0.449 e. The summed E-state index contributed by atoms with van der Waals surface area (Å²) >= 11 is 0. The van der Waals surface area contributed by atoms with E-state index in [0.717, 1.165) is 28.3 Å². The number of nitrogens with one attached hydrogen (secondary N) is 3. The first-order valence-corrected chi connectivity index (χ1v) is 14.8. The molecule has 5 N–H and O–H groups in total. The Morgan fingerprint density at radius 2 is 1.48 bits per heavy atom. The van der Waals surface area contributed by atoms with Crippen LogP contribution in [0, 0.1) is 5.92 Å². The van der Waals surface area contributed by atoms with E-state index < -0.39 is 51.6 Å². The van der Waals surface area contributed by atoms with Gasteiger partial charge in [0.15, 0.2) is 0 Å². The Balaban J connectivity index is 1.36. The van der Waals surface area contributed by atoms with Crippen molar-refractivity contribution >= 4 is 33.7 Å². The fourth-order valence-electron chi connectivity index (χ4n) is 4.92. The van der Waals surface area contributed by atoms with Crippen LogP contribution in [0.15, 0.2) is 71.6 Å². The van der Waals surface area contributed by atoms with Gasteiger partial charge in [-0.15, -0.1) is 0 Å². The lowest BCUT2D eigenvalue weighted by Gasteiger charge is -2.24. The molecule has 0 spiro atoms. The first-order chi connectivity index (χ1) is 19.9. The predicted molar refractivity (Wildman–Crippen MR) is 155 cm³/mol. The van der Waals surface area contributed by atoms with E-state index in [-0.39, 0.29) is 29.7 Å². The number of carbonyl (C=O) groups excluding carboxylic acids is 3. The minimum atomic E-state index is -4.65. The van der Waals surface area contributed by atoms with Gasteiger partial charge >= 0.3 is 6.09 Å². The van der Waals surface area contributed by atoms with Crippen molar-refractivity contribution < 1.29 is 37.2 Å². The Morgan fingerprint density at radius 1 is 0.881 bits per heavy atom. The highest BCUT2D eigenvalue weighted by atomic mass is 32.2. The van der Waals surface area contributed by atoms with Gasteiger partial charge in [0.05, 0.1) is 6.61 Å². The van der Waals surface area contributed by atoms with Crippen molar-refractivity contribution in [3.05, 3.63) is 83.4 Å². The zero-order valence-electron chi connectivity index (χ0n) is 23.3. The van der Waals surface area contributed by atoms with Crippen molar-refractivity contribution in [2.75, 3.05) is 11.9 Å². The first kappa shape index (κ1) is 30.7. The normalized spacial score (nSPS) is 14.0. The zero-order valence-corrected chi connectivity index (χ0v) is 24.1. The summed E-state index contributed by atoms with van der Waals surface area (Å²) in [7, 11) is -4.65. The van der Waals surface area contributed by atoms with Crippen LogP contribution in [-0.4, -0.2) is 54.7 Å². The van der Waals surface area contributed by atoms with E-state index in [2.05, 4.69) is 16.0 Å². The van der Waals surface area contributed by atoms with E-state index in [1.54, 1.807) is 13.8 Å². The molecular formula is C30H33N3O8S. The minimum Gasteiger partial charge on any atom is -0.449 e. The van der Waals surface area contributed by atoms with Gasteiger partial charge in [-0.05, 0) is 52.8 Å². The van der Waals surface area contributed by atoms with Crippen molar-refractivity contribution in [1.29, 1.82) is 0 Å². The van der Waals surface area contributed by atoms with Crippen LogP contribution >= 0.6 is 0 Å². The van der Waals surface area contributed by atoms with E-state index in [1.807, 2.05) is 48.5 Å². The maximum Gasteiger partial charge on any atom is 0.407 e. The summed E-state index contributed by atoms with van der Waals surface area (Å²) < 4.78 is 38.2. The monoisotopic (exact) mass is 595 g/mol. The lowest BCUT2D eigenvalue weighted by atomic mass is 9.98. The van der Waals surface area contributed by atoms with E-state index in [4.69, 9.17) is 4.74 Å². The summed E-state index contributed by atoms with van der Waals surface area (Å²) in [5, 5.41) is 16.9. The SMILES string of the molecule is CC(C)C(NC(=O)OCC1c2ccccc2-c2ccccc21)C(=O)N[C@@H](C)C(=O)Nc1ccc(CO)c(S(=O)(=O)O)c1. The second-order valence-electron chi connectivity index (χ2n) is 10.4. The van der Waals surface area contributed by atoms with Gasteiger partial charge in [0.1, 0.15) is 23.6 Å². The van der Waals surface area contributed by atoms with Crippen LogP contribution in [0.1, 0.15) is 43.4 Å². The molecule has 0 aliphatic heterocycles. The Bertz CT molecular complexity index is 1560.